The van der Waals surface area contributed by atoms with Gasteiger partial charge >= 0.3 is 11.4 Å². The molecule has 0 aromatic carbocycles. The Morgan fingerprint density at radius 1 is 1.31 bits per heavy atom. The van der Waals surface area contributed by atoms with Gasteiger partial charge in [-0.25, -0.2) is 14.2 Å². The number of aromatic nitrogens is 3. The lowest BCUT2D eigenvalue weighted by Crippen LogP contribution is -2.36. The first kappa shape index (κ1) is 7.72. The minimum atomic E-state index is -0.531. The predicted molar refractivity (Wildman–Crippen MR) is 46.7 cm³/mol. The van der Waals surface area contributed by atoms with Crippen molar-refractivity contribution >= 4 is 5.65 Å². The molecule has 5 heteroatoms. The lowest BCUT2D eigenvalue weighted by molar-refractivity contribution is 0.717. The van der Waals surface area contributed by atoms with Gasteiger partial charge in [0.25, 0.3) is 0 Å². The van der Waals surface area contributed by atoms with Crippen LogP contribution in [0, 0.1) is 0 Å². The fraction of sp³-hybridized carbons (Fsp3) is 0.125. The van der Waals surface area contributed by atoms with E-state index in [-0.39, 0.29) is 5.69 Å². The number of nitrogens with zero attached hydrogens (tertiary/aromatic N) is 3. The third kappa shape index (κ3) is 1.05. The highest BCUT2D eigenvalue weighted by Gasteiger charge is 2.01. The van der Waals surface area contributed by atoms with E-state index in [4.69, 9.17) is 0 Å². The van der Waals surface area contributed by atoms with Crippen LogP contribution in [0.5, 0.6) is 0 Å². The molecular weight excluding hydrogens is 170 g/mol. The van der Waals surface area contributed by atoms with E-state index in [0.717, 1.165) is 4.57 Å². The molecule has 2 rings (SSSR count). The minimum Gasteiger partial charge on any atom is -0.253 e. The Hall–Kier alpha value is -1.91. The largest absolute Gasteiger partial charge is 0.353 e. The predicted octanol–water partition coefficient (Wildman–Crippen LogP) is -0.607. The van der Waals surface area contributed by atoms with Crippen molar-refractivity contribution in [2.75, 3.05) is 0 Å². The van der Waals surface area contributed by atoms with Crippen molar-refractivity contribution in [3.05, 3.63) is 45.4 Å². The summed E-state index contributed by atoms with van der Waals surface area (Å²) in [6.07, 6.45) is 1.57. The third-order valence-corrected chi connectivity index (χ3v) is 1.83. The summed E-state index contributed by atoms with van der Waals surface area (Å²) >= 11 is 0. The standard InChI is InChI=1S/C8H7N3O2/c1-10-7(12)9-6-4-2-3-5-11(6)8(10)13/h2-5H,1H3. The van der Waals surface area contributed by atoms with Gasteiger partial charge in [0.05, 0.1) is 0 Å². The van der Waals surface area contributed by atoms with E-state index < -0.39 is 5.69 Å². The smallest absolute Gasteiger partial charge is 0.253 e. The topological polar surface area (TPSA) is 56.4 Å². The van der Waals surface area contributed by atoms with Crippen LogP contribution in [0.15, 0.2) is 34.0 Å². The van der Waals surface area contributed by atoms with Crippen molar-refractivity contribution < 1.29 is 0 Å². The first-order valence-electron chi connectivity index (χ1n) is 3.74. The van der Waals surface area contributed by atoms with Gasteiger partial charge in [0.1, 0.15) is 5.65 Å². The summed E-state index contributed by atoms with van der Waals surface area (Å²) in [4.78, 5) is 26.2. The highest BCUT2D eigenvalue weighted by Crippen LogP contribution is 1.90. The maximum absolute atomic E-state index is 11.4. The van der Waals surface area contributed by atoms with Crippen molar-refractivity contribution in [1.82, 2.24) is 14.0 Å². The highest BCUT2D eigenvalue weighted by atomic mass is 16.2. The van der Waals surface area contributed by atoms with Crippen LogP contribution in [0.4, 0.5) is 0 Å². The number of hydrogen-bond donors (Lipinski definition) is 0. The number of hydrogen-bond acceptors (Lipinski definition) is 3. The molecule has 0 saturated carbocycles. The monoisotopic (exact) mass is 177 g/mol. The summed E-state index contributed by atoms with van der Waals surface area (Å²) in [5.41, 5.74) is -0.539. The fourth-order valence-electron chi connectivity index (χ4n) is 1.10. The molecule has 0 aliphatic heterocycles. The van der Waals surface area contributed by atoms with Crippen LogP contribution in [0.3, 0.4) is 0 Å². The summed E-state index contributed by atoms with van der Waals surface area (Å²) in [5.74, 6) is 0. The van der Waals surface area contributed by atoms with E-state index in [2.05, 4.69) is 4.98 Å². The first-order valence-corrected chi connectivity index (χ1v) is 3.74. The third-order valence-electron chi connectivity index (χ3n) is 1.83. The highest BCUT2D eigenvalue weighted by molar-refractivity contribution is 5.35. The van der Waals surface area contributed by atoms with Crippen LogP contribution in [-0.4, -0.2) is 14.0 Å². The lowest BCUT2D eigenvalue weighted by Gasteiger charge is -1.99. The Morgan fingerprint density at radius 2 is 2.08 bits per heavy atom. The average molecular weight is 177 g/mol. The molecule has 5 nitrogen and oxygen atoms in total. The molecule has 0 fully saturated rings. The molecule has 2 aromatic heterocycles. The molecule has 0 atom stereocenters. The van der Waals surface area contributed by atoms with Gasteiger partial charge in [-0.2, -0.15) is 4.98 Å². The van der Waals surface area contributed by atoms with Gasteiger partial charge in [0.2, 0.25) is 0 Å². The second kappa shape index (κ2) is 2.55. The number of pyridine rings is 1. The van der Waals surface area contributed by atoms with Crippen molar-refractivity contribution in [3.8, 4) is 0 Å². The van der Waals surface area contributed by atoms with E-state index in [9.17, 15) is 9.59 Å². The van der Waals surface area contributed by atoms with Crippen LogP contribution in [0.1, 0.15) is 0 Å². The van der Waals surface area contributed by atoms with Crippen molar-refractivity contribution in [1.29, 1.82) is 0 Å². The van der Waals surface area contributed by atoms with Crippen molar-refractivity contribution in [2.24, 2.45) is 7.05 Å². The van der Waals surface area contributed by atoms with E-state index in [1.165, 1.54) is 11.4 Å². The molecule has 2 heterocycles. The zero-order chi connectivity index (χ0) is 9.42. The SMILES string of the molecule is Cn1c(=O)nc2ccccn2c1=O. The van der Waals surface area contributed by atoms with Gasteiger partial charge in [-0.1, -0.05) is 6.07 Å². The Labute approximate surface area is 72.9 Å². The van der Waals surface area contributed by atoms with Crippen LogP contribution in [0.25, 0.3) is 5.65 Å². The van der Waals surface area contributed by atoms with Crippen LogP contribution >= 0.6 is 0 Å². The lowest BCUT2D eigenvalue weighted by atomic mass is 10.5. The maximum atomic E-state index is 11.4. The van der Waals surface area contributed by atoms with E-state index in [0.29, 0.717) is 5.65 Å². The molecule has 0 N–H and O–H groups in total. The van der Waals surface area contributed by atoms with E-state index in [1.807, 2.05) is 0 Å². The van der Waals surface area contributed by atoms with Gasteiger partial charge in [-0.05, 0) is 12.1 Å². The maximum Gasteiger partial charge on any atom is 0.353 e. The number of rotatable bonds is 0. The molecule has 0 unspecified atom stereocenters. The van der Waals surface area contributed by atoms with E-state index in [1.54, 1.807) is 24.4 Å². The molecule has 0 saturated heterocycles. The average Bonchev–Trinajstić information content (AvgIpc) is 2.15. The summed E-state index contributed by atoms with van der Waals surface area (Å²) in [5, 5.41) is 0. The van der Waals surface area contributed by atoms with Gasteiger partial charge in [-0.15, -0.1) is 0 Å². The van der Waals surface area contributed by atoms with Gasteiger partial charge in [0.15, 0.2) is 0 Å². The van der Waals surface area contributed by atoms with Crippen molar-refractivity contribution in [3.63, 3.8) is 0 Å². The van der Waals surface area contributed by atoms with E-state index >= 15 is 0 Å². The van der Waals surface area contributed by atoms with Crippen molar-refractivity contribution in [2.45, 2.75) is 0 Å². The normalized spacial score (nSPS) is 10.5. The second-order valence-electron chi connectivity index (χ2n) is 2.66. The Bertz CT molecular complexity index is 567. The summed E-state index contributed by atoms with van der Waals surface area (Å²) in [6, 6.07) is 5.05. The summed E-state index contributed by atoms with van der Waals surface area (Å²) in [7, 11) is 1.40. The Balaban J connectivity index is 3.12. The molecule has 0 bridgehead atoms. The minimum absolute atomic E-state index is 0.371. The quantitative estimate of drug-likeness (QED) is 0.539. The summed E-state index contributed by atoms with van der Waals surface area (Å²) < 4.78 is 2.29. The second-order valence-corrected chi connectivity index (χ2v) is 2.66. The molecule has 0 spiro atoms. The molecule has 0 amide bonds. The van der Waals surface area contributed by atoms with Crippen LogP contribution in [0.2, 0.25) is 0 Å². The molecular formula is C8H7N3O2. The van der Waals surface area contributed by atoms with Gasteiger partial charge in [0, 0.05) is 13.2 Å². The Kier molecular flexibility index (Phi) is 1.51. The summed E-state index contributed by atoms with van der Waals surface area (Å²) in [6.45, 7) is 0. The van der Waals surface area contributed by atoms with Gasteiger partial charge in [-0.3, -0.25) is 4.40 Å². The van der Waals surface area contributed by atoms with Crippen LogP contribution < -0.4 is 11.4 Å². The molecule has 13 heavy (non-hydrogen) atoms. The fourth-order valence-corrected chi connectivity index (χ4v) is 1.10. The molecule has 66 valence electrons. The number of fused-ring (bicyclic) bond motifs is 1. The van der Waals surface area contributed by atoms with Crippen LogP contribution in [-0.2, 0) is 7.05 Å². The zero-order valence-electron chi connectivity index (χ0n) is 6.97. The first-order chi connectivity index (χ1) is 6.20. The molecule has 0 aliphatic carbocycles. The molecule has 2 aromatic rings. The molecule has 0 aliphatic rings. The molecule has 0 radical (unpaired) electrons. The zero-order valence-corrected chi connectivity index (χ0v) is 6.97. The van der Waals surface area contributed by atoms with Gasteiger partial charge < -0.3 is 0 Å². The Morgan fingerprint density at radius 3 is 2.85 bits per heavy atom.